The molecule has 0 fully saturated rings. The van der Waals surface area contributed by atoms with Crippen molar-refractivity contribution in [3.05, 3.63) is 64.5 Å². The smallest absolute Gasteiger partial charge is 0.407 e. The number of fused-ring (bicyclic) bond motifs is 1. The maximum absolute atomic E-state index is 13.0. The van der Waals surface area contributed by atoms with Gasteiger partial charge in [-0.25, -0.2) is 4.79 Å². The molecule has 1 aromatic heterocycles. The molecule has 44 heavy (non-hydrogen) atoms. The van der Waals surface area contributed by atoms with Gasteiger partial charge in [0.1, 0.15) is 29.1 Å². The van der Waals surface area contributed by atoms with Crippen LogP contribution in [0.5, 0.6) is 5.75 Å². The van der Waals surface area contributed by atoms with Crippen molar-refractivity contribution in [3.8, 4) is 11.8 Å². The average molecular weight is 624 g/mol. The van der Waals surface area contributed by atoms with Gasteiger partial charge in [0, 0.05) is 9.58 Å². The molecule has 10 nitrogen and oxygen atoms in total. The molecule has 1 amide bonds. The summed E-state index contributed by atoms with van der Waals surface area (Å²) in [6, 6.07) is 15.3. The summed E-state index contributed by atoms with van der Waals surface area (Å²) in [4.78, 5) is 39.1. The number of benzene rings is 2. The molecule has 3 N–H and O–H groups in total. The summed E-state index contributed by atoms with van der Waals surface area (Å²) in [6.07, 6.45) is -1.26. The molecule has 11 heteroatoms. The number of carbonyl (C=O) groups is 3. The molecule has 2 aromatic carbocycles. The Balaban J connectivity index is 1.82. The number of nitrogens with zero attached hydrogens (tertiary/aromatic N) is 1. The van der Waals surface area contributed by atoms with Crippen molar-refractivity contribution >= 4 is 39.5 Å². The molecule has 3 atom stereocenters. The number of hydrogen-bond acceptors (Lipinski definition) is 10. The Kier molecular flexibility index (Phi) is 11.4. The predicted octanol–water partition coefficient (Wildman–Crippen LogP) is 5.60. The van der Waals surface area contributed by atoms with Crippen LogP contribution in [0.1, 0.15) is 70.4 Å². The lowest BCUT2D eigenvalue weighted by molar-refractivity contribution is -0.158. The lowest BCUT2D eigenvalue weighted by Crippen LogP contribution is -2.53. The van der Waals surface area contributed by atoms with Crippen LogP contribution in [0, 0.1) is 11.3 Å². The Hall–Kier alpha value is -4.14. The standard InChI is InChI=1S/C33H41N3O7S/c1-8-40-29(37)25(17-24-16-22-15-20(18-34)9-14-27(22)44-24)21-10-12-23(13-11-21)41-26(19-36-31(39)43-33(5,6)7)28(35)30(38)42-32(2,3)4/h9-16,25-26,28H,8,17,19,35H2,1-7H3,(H,36,39). The first-order valence-corrected chi connectivity index (χ1v) is 15.2. The van der Waals surface area contributed by atoms with Crippen LogP contribution in [-0.4, -0.2) is 54.5 Å². The molecule has 0 aliphatic carbocycles. The summed E-state index contributed by atoms with van der Waals surface area (Å²) in [6.45, 7) is 12.3. The highest BCUT2D eigenvalue weighted by Gasteiger charge is 2.32. The zero-order chi connectivity index (χ0) is 32.7. The van der Waals surface area contributed by atoms with E-state index in [1.165, 1.54) is 0 Å². The number of nitriles is 1. The minimum atomic E-state index is -1.22. The van der Waals surface area contributed by atoms with Crippen LogP contribution in [0.3, 0.4) is 0 Å². The summed E-state index contributed by atoms with van der Waals surface area (Å²) in [5, 5.41) is 12.8. The third-order valence-corrected chi connectivity index (χ3v) is 7.31. The van der Waals surface area contributed by atoms with Gasteiger partial charge in [-0.15, -0.1) is 11.3 Å². The van der Waals surface area contributed by atoms with Crippen LogP contribution in [0.4, 0.5) is 4.79 Å². The molecule has 3 aromatic rings. The van der Waals surface area contributed by atoms with Crippen LogP contribution in [-0.2, 0) is 30.2 Å². The number of carbonyl (C=O) groups excluding carboxylic acids is 3. The molecular weight excluding hydrogens is 582 g/mol. The Morgan fingerprint density at radius 1 is 0.955 bits per heavy atom. The number of alkyl carbamates (subject to hydrolysis) is 1. The van der Waals surface area contributed by atoms with Gasteiger partial charge < -0.3 is 30.0 Å². The molecule has 236 valence electrons. The molecule has 0 radical (unpaired) electrons. The van der Waals surface area contributed by atoms with E-state index in [9.17, 15) is 19.6 Å². The van der Waals surface area contributed by atoms with E-state index in [1.54, 1.807) is 90.1 Å². The first-order chi connectivity index (χ1) is 20.6. The van der Waals surface area contributed by atoms with Gasteiger partial charge in [0.25, 0.3) is 0 Å². The first-order valence-electron chi connectivity index (χ1n) is 14.4. The van der Waals surface area contributed by atoms with Gasteiger partial charge in [-0.2, -0.15) is 5.26 Å². The monoisotopic (exact) mass is 623 g/mol. The Morgan fingerprint density at radius 3 is 2.20 bits per heavy atom. The Morgan fingerprint density at radius 2 is 1.61 bits per heavy atom. The summed E-state index contributed by atoms with van der Waals surface area (Å²) in [7, 11) is 0. The largest absolute Gasteiger partial charge is 0.486 e. The number of amides is 1. The topological polar surface area (TPSA) is 150 Å². The van der Waals surface area contributed by atoms with Gasteiger partial charge in [0.05, 0.1) is 30.7 Å². The maximum Gasteiger partial charge on any atom is 0.407 e. The molecule has 0 aliphatic heterocycles. The predicted molar refractivity (Wildman–Crippen MR) is 169 cm³/mol. The lowest BCUT2D eigenvalue weighted by atomic mass is 9.94. The fraction of sp³-hybridized carbons (Fsp3) is 0.455. The van der Waals surface area contributed by atoms with Gasteiger partial charge in [-0.3, -0.25) is 9.59 Å². The molecule has 3 rings (SSSR count). The SMILES string of the molecule is CCOC(=O)C(Cc1cc2cc(C#N)ccc2s1)c1ccc(OC(CNC(=O)OC(C)(C)C)C(N)C(=O)OC(C)(C)C)cc1. The van der Waals surface area contributed by atoms with E-state index in [-0.39, 0.29) is 19.1 Å². The number of ether oxygens (including phenoxy) is 4. The second-order valence-corrected chi connectivity index (χ2v) is 13.4. The highest BCUT2D eigenvalue weighted by molar-refractivity contribution is 7.19. The van der Waals surface area contributed by atoms with Gasteiger partial charge in [-0.1, -0.05) is 12.1 Å². The highest BCUT2D eigenvalue weighted by Crippen LogP contribution is 2.32. The quantitative estimate of drug-likeness (QED) is 0.205. The molecule has 0 aliphatic rings. The molecular formula is C33H41N3O7S. The van der Waals surface area contributed by atoms with Crippen molar-refractivity contribution in [1.29, 1.82) is 5.26 Å². The van der Waals surface area contributed by atoms with E-state index >= 15 is 0 Å². The maximum atomic E-state index is 13.0. The van der Waals surface area contributed by atoms with Crippen molar-refractivity contribution in [1.82, 2.24) is 5.32 Å². The fourth-order valence-corrected chi connectivity index (χ4v) is 5.36. The number of rotatable bonds is 11. The summed E-state index contributed by atoms with van der Waals surface area (Å²) in [5.41, 5.74) is 6.05. The number of thiophene rings is 1. The van der Waals surface area contributed by atoms with Crippen molar-refractivity contribution in [2.75, 3.05) is 13.2 Å². The van der Waals surface area contributed by atoms with Crippen molar-refractivity contribution < 1.29 is 33.3 Å². The highest BCUT2D eigenvalue weighted by atomic mass is 32.1. The number of esters is 2. The molecule has 0 saturated heterocycles. The van der Waals surface area contributed by atoms with Crippen molar-refractivity contribution in [2.45, 2.75) is 84.2 Å². The number of nitrogens with two attached hydrogens (primary N) is 1. The van der Waals surface area contributed by atoms with E-state index in [2.05, 4.69) is 11.4 Å². The van der Waals surface area contributed by atoms with Crippen molar-refractivity contribution in [3.63, 3.8) is 0 Å². The van der Waals surface area contributed by atoms with Crippen LogP contribution < -0.4 is 15.8 Å². The number of nitrogens with one attached hydrogen (secondary N) is 1. The van der Waals surface area contributed by atoms with Gasteiger partial charge in [0.15, 0.2) is 0 Å². The molecule has 0 bridgehead atoms. The number of hydrogen-bond donors (Lipinski definition) is 2. The van der Waals surface area contributed by atoms with E-state index in [1.807, 2.05) is 18.2 Å². The van der Waals surface area contributed by atoms with E-state index in [0.29, 0.717) is 23.3 Å². The van der Waals surface area contributed by atoms with Gasteiger partial charge in [-0.05, 0) is 102 Å². The van der Waals surface area contributed by atoms with Crippen LogP contribution in [0.2, 0.25) is 0 Å². The van der Waals surface area contributed by atoms with Gasteiger partial charge in [0.2, 0.25) is 0 Å². The third kappa shape index (κ3) is 10.2. The van der Waals surface area contributed by atoms with Crippen LogP contribution in [0.15, 0.2) is 48.5 Å². The second-order valence-electron chi connectivity index (χ2n) is 12.3. The third-order valence-electron chi connectivity index (χ3n) is 6.17. The van der Waals surface area contributed by atoms with E-state index < -0.39 is 41.3 Å². The van der Waals surface area contributed by atoms with Crippen LogP contribution in [0.25, 0.3) is 10.1 Å². The zero-order valence-electron chi connectivity index (χ0n) is 26.3. The zero-order valence-corrected chi connectivity index (χ0v) is 27.1. The van der Waals surface area contributed by atoms with E-state index in [0.717, 1.165) is 15.0 Å². The Labute approximate surface area is 262 Å². The lowest BCUT2D eigenvalue weighted by Gasteiger charge is -2.28. The average Bonchev–Trinajstić information content (AvgIpc) is 3.34. The van der Waals surface area contributed by atoms with Gasteiger partial charge >= 0.3 is 18.0 Å². The normalized spacial score (nSPS) is 13.7. The second kappa shape index (κ2) is 14.6. The molecule has 1 heterocycles. The molecule has 0 saturated carbocycles. The minimum Gasteiger partial charge on any atom is -0.486 e. The van der Waals surface area contributed by atoms with Crippen LogP contribution >= 0.6 is 11.3 Å². The minimum absolute atomic E-state index is 0.123. The molecule has 3 unspecified atom stereocenters. The van der Waals surface area contributed by atoms with E-state index in [4.69, 9.17) is 24.7 Å². The summed E-state index contributed by atoms with van der Waals surface area (Å²) < 4.78 is 23.2. The fourth-order valence-electron chi connectivity index (χ4n) is 4.26. The van der Waals surface area contributed by atoms with Crippen molar-refractivity contribution in [2.24, 2.45) is 5.73 Å². The first kappa shape index (κ1) is 34.4. The Bertz CT molecular complexity index is 1500. The summed E-state index contributed by atoms with van der Waals surface area (Å²) >= 11 is 1.56. The summed E-state index contributed by atoms with van der Waals surface area (Å²) in [5.74, 6) is -1.25. The molecule has 0 spiro atoms.